The van der Waals surface area contributed by atoms with Gasteiger partial charge in [-0.15, -0.1) is 0 Å². The molecule has 1 N–H and O–H groups in total. The number of aliphatic hydroxyl groups is 1. The van der Waals surface area contributed by atoms with Gasteiger partial charge < -0.3 is 19.3 Å². The van der Waals surface area contributed by atoms with E-state index in [9.17, 15) is 9.90 Å². The Labute approximate surface area is 200 Å². The normalized spacial score (nSPS) is 14.9. The van der Waals surface area contributed by atoms with Crippen LogP contribution in [-0.4, -0.2) is 39.9 Å². The zero-order valence-corrected chi connectivity index (χ0v) is 20.0. The monoisotopic (exact) mass is 461 g/mol. The van der Waals surface area contributed by atoms with Crippen molar-refractivity contribution < 1.29 is 19.2 Å². The Morgan fingerprint density at radius 2 is 1.91 bits per heavy atom. The van der Waals surface area contributed by atoms with Gasteiger partial charge in [0.15, 0.2) is 11.3 Å². The van der Waals surface area contributed by atoms with E-state index in [-0.39, 0.29) is 12.7 Å². The van der Waals surface area contributed by atoms with Crippen molar-refractivity contribution in [3.63, 3.8) is 0 Å². The largest absolute Gasteiger partial charge is 0.444 e. The Balaban J connectivity index is 1.42. The van der Waals surface area contributed by atoms with Gasteiger partial charge in [-0.2, -0.15) is 0 Å². The van der Waals surface area contributed by atoms with Crippen LogP contribution in [0.4, 0.5) is 10.5 Å². The molecule has 0 bridgehead atoms. The van der Waals surface area contributed by atoms with E-state index >= 15 is 0 Å². The number of nitrogens with zero attached hydrogens (tertiary/aromatic N) is 3. The third kappa shape index (κ3) is 5.23. The molecule has 0 spiro atoms. The van der Waals surface area contributed by atoms with E-state index in [0.717, 1.165) is 47.9 Å². The number of fused-ring (bicyclic) bond motifs is 1. The minimum atomic E-state index is -0.476. The van der Waals surface area contributed by atoms with Gasteiger partial charge in [0.2, 0.25) is 0 Å². The van der Waals surface area contributed by atoms with E-state index < -0.39 is 5.60 Å². The molecule has 1 aliphatic rings. The lowest BCUT2D eigenvalue weighted by molar-refractivity contribution is 0.0181. The average molecular weight is 462 g/mol. The van der Waals surface area contributed by atoms with Gasteiger partial charge in [-0.1, -0.05) is 35.5 Å². The molecule has 1 aromatic heterocycles. The molecule has 0 atom stereocenters. The second-order valence-corrected chi connectivity index (χ2v) is 9.86. The Morgan fingerprint density at radius 1 is 1.21 bits per heavy atom. The molecule has 0 saturated carbocycles. The molecule has 7 nitrogen and oxygen atoms in total. The number of hydrogen-bond donors (Lipinski definition) is 1. The molecule has 7 heteroatoms. The van der Waals surface area contributed by atoms with Gasteiger partial charge in [0.25, 0.3) is 0 Å². The maximum atomic E-state index is 12.3. The number of aromatic nitrogens is 1. The lowest BCUT2D eigenvalue weighted by Crippen LogP contribution is -2.41. The molecule has 1 amide bonds. The molecule has 2 aromatic carbocycles. The van der Waals surface area contributed by atoms with Crippen molar-refractivity contribution in [1.29, 1.82) is 0 Å². The van der Waals surface area contributed by atoms with Crippen molar-refractivity contribution in [3.8, 4) is 11.1 Å². The van der Waals surface area contributed by atoms with Crippen LogP contribution in [0.1, 0.15) is 51.3 Å². The first-order valence-electron chi connectivity index (χ1n) is 11.8. The summed E-state index contributed by atoms with van der Waals surface area (Å²) in [7, 11) is 0. The minimum Gasteiger partial charge on any atom is -0.444 e. The van der Waals surface area contributed by atoms with E-state index in [2.05, 4.69) is 10.0 Å². The van der Waals surface area contributed by atoms with E-state index in [1.165, 1.54) is 0 Å². The van der Waals surface area contributed by atoms with Crippen LogP contribution in [-0.2, 0) is 17.8 Å². The second kappa shape index (κ2) is 9.86. The summed E-state index contributed by atoms with van der Waals surface area (Å²) in [6.07, 6.45) is 3.42. The number of amides is 1. The first-order chi connectivity index (χ1) is 16.3. The number of ether oxygens (including phenoxy) is 1. The number of carbonyl (C=O) groups excluding carboxylic acids is 1. The molecule has 4 rings (SSSR count). The highest BCUT2D eigenvalue weighted by molar-refractivity contribution is 5.89. The summed E-state index contributed by atoms with van der Waals surface area (Å²) in [5, 5.41) is 15.3. The Hall–Kier alpha value is -3.37. The molecule has 34 heavy (non-hydrogen) atoms. The maximum Gasteiger partial charge on any atom is 0.410 e. The summed E-state index contributed by atoms with van der Waals surface area (Å²) in [5.41, 5.74) is 4.12. The Morgan fingerprint density at radius 3 is 2.53 bits per heavy atom. The zero-order chi connectivity index (χ0) is 24.3. The van der Waals surface area contributed by atoms with Crippen LogP contribution in [0, 0.1) is 12.5 Å². The van der Waals surface area contributed by atoms with Gasteiger partial charge in [-0.3, -0.25) is 0 Å². The second-order valence-electron chi connectivity index (χ2n) is 9.86. The fraction of sp³-hybridized carbons (Fsp3) is 0.444. The number of carbonyl (C=O) groups is 1. The quantitative estimate of drug-likeness (QED) is 0.463. The fourth-order valence-corrected chi connectivity index (χ4v) is 4.50. The van der Waals surface area contributed by atoms with Gasteiger partial charge in [-0.05, 0) is 69.6 Å². The fourth-order valence-electron chi connectivity index (χ4n) is 4.50. The SMILES string of the molecule is [C-]#[N+]c1ccc(-c2ccc3c(CCC4CCN(C(=O)OC(C)(C)C)CC4)noc3c2CO)cc1. The molecular formula is C27H31N3O4. The highest BCUT2D eigenvalue weighted by atomic mass is 16.6. The van der Waals surface area contributed by atoms with Gasteiger partial charge in [0.1, 0.15) is 5.60 Å². The molecule has 0 radical (unpaired) electrons. The Kier molecular flexibility index (Phi) is 6.90. The summed E-state index contributed by atoms with van der Waals surface area (Å²) in [5.74, 6) is 0.517. The first kappa shape index (κ1) is 23.8. The van der Waals surface area contributed by atoms with Crippen LogP contribution in [0.3, 0.4) is 0 Å². The molecular weight excluding hydrogens is 430 g/mol. The van der Waals surface area contributed by atoms with Gasteiger partial charge in [0, 0.05) is 24.0 Å². The predicted octanol–water partition coefficient (Wildman–Crippen LogP) is 6.12. The third-order valence-electron chi connectivity index (χ3n) is 6.34. The lowest BCUT2D eigenvalue weighted by Gasteiger charge is -2.33. The summed E-state index contributed by atoms with van der Waals surface area (Å²) < 4.78 is 11.2. The first-order valence-corrected chi connectivity index (χ1v) is 11.8. The zero-order valence-electron chi connectivity index (χ0n) is 20.0. The third-order valence-corrected chi connectivity index (χ3v) is 6.34. The number of benzene rings is 2. The summed E-state index contributed by atoms with van der Waals surface area (Å²) >= 11 is 0. The number of hydrogen-bond acceptors (Lipinski definition) is 5. The number of rotatable bonds is 5. The maximum absolute atomic E-state index is 12.3. The summed E-state index contributed by atoms with van der Waals surface area (Å²) in [6.45, 7) is 14.0. The van der Waals surface area contributed by atoms with Gasteiger partial charge in [-0.25, -0.2) is 9.64 Å². The van der Waals surface area contributed by atoms with Crippen molar-refractivity contribution >= 4 is 22.7 Å². The number of piperidine rings is 1. The van der Waals surface area contributed by atoms with E-state index in [0.29, 0.717) is 35.8 Å². The Bertz CT molecular complexity index is 1190. The van der Waals surface area contributed by atoms with Crippen molar-refractivity contribution in [2.45, 2.75) is 58.7 Å². The van der Waals surface area contributed by atoms with Crippen LogP contribution >= 0.6 is 0 Å². The highest BCUT2D eigenvalue weighted by Crippen LogP contribution is 2.34. The molecule has 0 aliphatic carbocycles. The predicted molar refractivity (Wildman–Crippen MR) is 130 cm³/mol. The van der Waals surface area contributed by atoms with Crippen molar-refractivity contribution in [3.05, 3.63) is 59.1 Å². The summed E-state index contributed by atoms with van der Waals surface area (Å²) in [4.78, 5) is 17.5. The molecule has 1 fully saturated rings. The topological polar surface area (TPSA) is 80.2 Å². The smallest absolute Gasteiger partial charge is 0.410 e. The van der Waals surface area contributed by atoms with E-state index in [1.807, 2.05) is 45.0 Å². The summed E-state index contributed by atoms with van der Waals surface area (Å²) in [6, 6.07) is 11.3. The van der Waals surface area contributed by atoms with Crippen molar-refractivity contribution in [2.75, 3.05) is 13.1 Å². The molecule has 178 valence electrons. The molecule has 1 saturated heterocycles. The molecule has 3 aromatic rings. The van der Waals surface area contributed by atoms with E-state index in [4.69, 9.17) is 15.8 Å². The number of aryl methyl sites for hydroxylation is 1. The van der Waals surface area contributed by atoms with Crippen LogP contribution in [0.25, 0.3) is 26.9 Å². The molecule has 1 aliphatic heterocycles. The standard InChI is InChI=1S/C27H31N3O4/c1-27(2,3)33-26(32)30-15-13-18(14-16-30)5-12-24-22-11-10-21(23(17-31)25(22)34-29-24)19-6-8-20(28-4)9-7-19/h6-11,18,31H,5,12-17H2,1-3H3. The van der Waals surface area contributed by atoms with Crippen LogP contribution in [0.15, 0.2) is 40.9 Å². The van der Waals surface area contributed by atoms with Crippen LogP contribution < -0.4 is 0 Å². The number of aliphatic hydroxyl groups excluding tert-OH is 1. The van der Waals surface area contributed by atoms with Gasteiger partial charge in [0.05, 0.1) is 18.9 Å². The van der Waals surface area contributed by atoms with Crippen LogP contribution in [0.2, 0.25) is 0 Å². The lowest BCUT2D eigenvalue weighted by atomic mass is 9.91. The molecule has 2 heterocycles. The van der Waals surface area contributed by atoms with Crippen LogP contribution in [0.5, 0.6) is 0 Å². The van der Waals surface area contributed by atoms with Crippen molar-refractivity contribution in [1.82, 2.24) is 10.1 Å². The van der Waals surface area contributed by atoms with E-state index in [1.54, 1.807) is 17.0 Å². The van der Waals surface area contributed by atoms with Gasteiger partial charge >= 0.3 is 6.09 Å². The number of likely N-dealkylation sites (tertiary alicyclic amines) is 1. The minimum absolute atomic E-state index is 0.158. The average Bonchev–Trinajstić information content (AvgIpc) is 3.24. The highest BCUT2D eigenvalue weighted by Gasteiger charge is 2.27. The van der Waals surface area contributed by atoms with Crippen molar-refractivity contribution in [2.24, 2.45) is 5.92 Å². The molecule has 0 unspecified atom stereocenters.